The van der Waals surface area contributed by atoms with Gasteiger partial charge >= 0.3 is 11.9 Å². The second-order valence-corrected chi connectivity index (χ2v) is 6.13. The van der Waals surface area contributed by atoms with E-state index in [1.165, 1.54) is 14.2 Å². The molecule has 146 valence electrons. The molecule has 1 aromatic carbocycles. The number of anilines is 1. The van der Waals surface area contributed by atoms with Crippen molar-refractivity contribution >= 4 is 17.6 Å². The SMILES string of the molecule is COC(=O)C1=C(C(=O)OC)N(c2ccccc2OCC2CCCO2)COC1. The number of benzene rings is 1. The first-order valence-electron chi connectivity index (χ1n) is 8.74. The van der Waals surface area contributed by atoms with Gasteiger partial charge in [0.2, 0.25) is 0 Å². The number of methoxy groups -OCH3 is 2. The molecular formula is C19H23NO7. The summed E-state index contributed by atoms with van der Waals surface area (Å²) in [5.41, 5.74) is 0.783. The highest BCUT2D eigenvalue weighted by atomic mass is 16.5. The molecule has 1 unspecified atom stereocenters. The highest BCUT2D eigenvalue weighted by Gasteiger charge is 2.33. The summed E-state index contributed by atoms with van der Waals surface area (Å²) in [7, 11) is 2.51. The van der Waals surface area contributed by atoms with E-state index >= 15 is 0 Å². The maximum absolute atomic E-state index is 12.4. The van der Waals surface area contributed by atoms with Crippen LogP contribution in [0.5, 0.6) is 5.75 Å². The molecule has 2 aliphatic heterocycles. The van der Waals surface area contributed by atoms with Gasteiger partial charge in [-0.05, 0) is 25.0 Å². The molecule has 0 N–H and O–H groups in total. The van der Waals surface area contributed by atoms with Gasteiger partial charge in [-0.3, -0.25) is 0 Å². The van der Waals surface area contributed by atoms with Crippen LogP contribution in [-0.4, -0.2) is 58.8 Å². The summed E-state index contributed by atoms with van der Waals surface area (Å²) in [4.78, 5) is 26.1. The number of carbonyl (C=O) groups is 2. The predicted molar refractivity (Wildman–Crippen MR) is 95.3 cm³/mol. The van der Waals surface area contributed by atoms with Crippen LogP contribution in [0.4, 0.5) is 5.69 Å². The second-order valence-electron chi connectivity index (χ2n) is 6.13. The Morgan fingerprint density at radius 3 is 2.67 bits per heavy atom. The van der Waals surface area contributed by atoms with E-state index in [-0.39, 0.29) is 30.7 Å². The van der Waals surface area contributed by atoms with Gasteiger partial charge < -0.3 is 28.6 Å². The van der Waals surface area contributed by atoms with Crippen molar-refractivity contribution in [3.8, 4) is 5.75 Å². The Balaban J connectivity index is 1.93. The monoisotopic (exact) mass is 377 g/mol. The number of esters is 2. The fraction of sp³-hybridized carbons (Fsp3) is 0.474. The summed E-state index contributed by atoms with van der Waals surface area (Å²) < 4.78 is 26.7. The second kappa shape index (κ2) is 8.88. The largest absolute Gasteiger partial charge is 0.489 e. The van der Waals surface area contributed by atoms with Gasteiger partial charge in [-0.15, -0.1) is 0 Å². The van der Waals surface area contributed by atoms with E-state index in [0.29, 0.717) is 18.0 Å². The Kier molecular flexibility index (Phi) is 6.31. The zero-order valence-corrected chi connectivity index (χ0v) is 15.4. The van der Waals surface area contributed by atoms with Crippen molar-refractivity contribution in [3.63, 3.8) is 0 Å². The van der Waals surface area contributed by atoms with Gasteiger partial charge in [0.1, 0.15) is 24.8 Å². The van der Waals surface area contributed by atoms with E-state index in [2.05, 4.69) is 0 Å². The van der Waals surface area contributed by atoms with Crippen molar-refractivity contribution in [2.45, 2.75) is 18.9 Å². The maximum atomic E-state index is 12.4. The average Bonchev–Trinajstić information content (AvgIpc) is 3.24. The molecule has 8 nitrogen and oxygen atoms in total. The summed E-state index contributed by atoms with van der Waals surface area (Å²) in [5.74, 6) is -0.727. The molecule has 1 atom stereocenters. The van der Waals surface area contributed by atoms with Gasteiger partial charge in [-0.25, -0.2) is 9.59 Å². The van der Waals surface area contributed by atoms with Crippen molar-refractivity contribution in [2.24, 2.45) is 0 Å². The van der Waals surface area contributed by atoms with Crippen molar-refractivity contribution in [3.05, 3.63) is 35.5 Å². The number of carbonyl (C=O) groups excluding carboxylic acids is 2. The lowest BCUT2D eigenvalue weighted by Crippen LogP contribution is -2.39. The predicted octanol–water partition coefficient (Wildman–Crippen LogP) is 1.64. The summed E-state index contributed by atoms with van der Waals surface area (Å²) in [6, 6.07) is 7.24. The van der Waals surface area contributed by atoms with Crippen LogP contribution in [-0.2, 0) is 28.5 Å². The Morgan fingerprint density at radius 1 is 1.19 bits per heavy atom. The van der Waals surface area contributed by atoms with E-state index in [1.807, 2.05) is 12.1 Å². The lowest BCUT2D eigenvalue weighted by Gasteiger charge is -2.32. The molecule has 0 aromatic heterocycles. The lowest BCUT2D eigenvalue weighted by atomic mass is 10.1. The third kappa shape index (κ3) is 4.23. The summed E-state index contributed by atoms with van der Waals surface area (Å²) in [5, 5.41) is 0. The smallest absolute Gasteiger partial charge is 0.355 e. The van der Waals surface area contributed by atoms with Crippen molar-refractivity contribution < 1.29 is 33.3 Å². The molecule has 0 aliphatic carbocycles. The van der Waals surface area contributed by atoms with E-state index in [4.69, 9.17) is 23.7 Å². The van der Waals surface area contributed by atoms with E-state index in [0.717, 1.165) is 19.4 Å². The first kappa shape index (κ1) is 19.2. The van der Waals surface area contributed by atoms with E-state index in [1.54, 1.807) is 17.0 Å². The standard InChI is InChI=1S/C19H23NO7/c1-23-18(21)14-11-25-12-20(17(14)19(22)24-2)15-7-3-4-8-16(15)27-10-13-6-5-9-26-13/h3-4,7-8,13H,5-6,9-12H2,1-2H3. The first-order chi connectivity index (χ1) is 13.2. The van der Waals surface area contributed by atoms with E-state index in [9.17, 15) is 9.59 Å². The van der Waals surface area contributed by atoms with Gasteiger partial charge in [0.15, 0.2) is 0 Å². The molecule has 0 amide bonds. The molecule has 2 heterocycles. The minimum absolute atomic E-state index is 0.0352. The van der Waals surface area contributed by atoms with Crippen LogP contribution >= 0.6 is 0 Å². The first-order valence-corrected chi connectivity index (χ1v) is 8.74. The molecule has 3 rings (SSSR count). The van der Waals surface area contributed by atoms with Gasteiger partial charge in [0.25, 0.3) is 0 Å². The number of rotatable bonds is 6. The molecule has 1 saturated heterocycles. The van der Waals surface area contributed by atoms with Crippen LogP contribution in [0.25, 0.3) is 0 Å². The molecule has 0 bridgehead atoms. The molecule has 0 spiro atoms. The number of hydrogen-bond donors (Lipinski definition) is 0. The Bertz CT molecular complexity index is 725. The minimum atomic E-state index is -0.646. The van der Waals surface area contributed by atoms with Crippen LogP contribution in [0.1, 0.15) is 12.8 Å². The molecule has 27 heavy (non-hydrogen) atoms. The van der Waals surface area contributed by atoms with Gasteiger partial charge in [-0.1, -0.05) is 12.1 Å². The summed E-state index contributed by atoms with van der Waals surface area (Å²) >= 11 is 0. The number of para-hydroxylation sites is 2. The molecule has 0 saturated carbocycles. The fourth-order valence-corrected chi connectivity index (χ4v) is 3.09. The van der Waals surface area contributed by atoms with E-state index < -0.39 is 11.9 Å². The van der Waals surface area contributed by atoms with Crippen molar-refractivity contribution in [1.29, 1.82) is 0 Å². The Hall–Kier alpha value is -2.58. The quantitative estimate of drug-likeness (QED) is 0.692. The molecule has 0 radical (unpaired) electrons. The molecule has 2 aliphatic rings. The number of hydrogen-bond acceptors (Lipinski definition) is 8. The number of nitrogens with zero attached hydrogens (tertiary/aromatic N) is 1. The molecule has 1 aromatic rings. The Labute approximate surface area is 157 Å². The fourth-order valence-electron chi connectivity index (χ4n) is 3.09. The van der Waals surface area contributed by atoms with Crippen LogP contribution in [0, 0.1) is 0 Å². The van der Waals surface area contributed by atoms with Crippen molar-refractivity contribution in [1.82, 2.24) is 0 Å². The highest BCUT2D eigenvalue weighted by molar-refractivity contribution is 6.03. The van der Waals surface area contributed by atoms with Crippen molar-refractivity contribution in [2.75, 3.05) is 45.7 Å². The molecule has 8 heteroatoms. The minimum Gasteiger partial charge on any atom is -0.489 e. The van der Waals surface area contributed by atoms with Gasteiger partial charge in [0.05, 0.1) is 38.2 Å². The number of ether oxygens (including phenoxy) is 5. The lowest BCUT2D eigenvalue weighted by molar-refractivity contribution is -0.140. The van der Waals surface area contributed by atoms with Gasteiger partial charge in [-0.2, -0.15) is 0 Å². The average molecular weight is 377 g/mol. The van der Waals surface area contributed by atoms with Crippen LogP contribution < -0.4 is 9.64 Å². The molecular weight excluding hydrogens is 354 g/mol. The highest BCUT2D eigenvalue weighted by Crippen LogP contribution is 2.34. The maximum Gasteiger partial charge on any atom is 0.355 e. The van der Waals surface area contributed by atoms with Crippen LogP contribution in [0.3, 0.4) is 0 Å². The zero-order chi connectivity index (χ0) is 19.2. The van der Waals surface area contributed by atoms with Crippen LogP contribution in [0.15, 0.2) is 35.5 Å². The summed E-state index contributed by atoms with van der Waals surface area (Å²) in [6.45, 7) is 1.19. The summed E-state index contributed by atoms with van der Waals surface area (Å²) in [6.07, 6.45) is 2.03. The molecule has 1 fully saturated rings. The van der Waals surface area contributed by atoms with Crippen LogP contribution in [0.2, 0.25) is 0 Å². The van der Waals surface area contributed by atoms with Gasteiger partial charge in [0, 0.05) is 6.61 Å². The normalized spacial score (nSPS) is 19.8. The topological polar surface area (TPSA) is 83.5 Å². The Morgan fingerprint density at radius 2 is 1.96 bits per heavy atom. The zero-order valence-electron chi connectivity index (χ0n) is 15.4. The third-order valence-electron chi connectivity index (χ3n) is 4.44. The third-order valence-corrected chi connectivity index (χ3v) is 4.44.